The van der Waals surface area contributed by atoms with Crippen LogP contribution in [0.2, 0.25) is 0 Å². The monoisotopic (exact) mass is 277 g/mol. The number of para-hydroxylation sites is 1. The topological polar surface area (TPSA) is 67.8 Å². The van der Waals surface area contributed by atoms with Gasteiger partial charge in [0.05, 0.1) is 19.1 Å². The molecule has 0 aromatic heterocycles. The maximum absolute atomic E-state index is 11.1. The molecule has 1 aliphatic carbocycles. The number of methoxy groups -OCH3 is 1. The van der Waals surface area contributed by atoms with Crippen LogP contribution in [-0.4, -0.2) is 30.8 Å². The van der Waals surface area contributed by atoms with Crippen molar-refractivity contribution >= 4 is 5.97 Å². The van der Waals surface area contributed by atoms with Crippen molar-refractivity contribution in [2.24, 2.45) is 5.92 Å². The minimum atomic E-state index is -0.743. The highest BCUT2D eigenvalue weighted by Gasteiger charge is 2.34. The lowest BCUT2D eigenvalue weighted by molar-refractivity contribution is -0.141. The predicted octanol–water partition coefficient (Wildman–Crippen LogP) is 1.97. The first-order valence-corrected chi connectivity index (χ1v) is 6.98. The number of ether oxygens (including phenoxy) is 2. The number of carbonyl (C=O) groups is 1. The Morgan fingerprint density at radius 3 is 2.80 bits per heavy atom. The molecular weight excluding hydrogens is 258 g/mol. The fraction of sp³-hybridized carbons (Fsp3) is 0.533. The first-order chi connectivity index (χ1) is 9.69. The Kier molecular flexibility index (Phi) is 3.53. The Morgan fingerprint density at radius 2 is 2.20 bits per heavy atom. The van der Waals surface area contributed by atoms with Gasteiger partial charge in [-0.2, -0.15) is 0 Å². The minimum Gasteiger partial charge on any atom is -0.493 e. The van der Waals surface area contributed by atoms with Crippen LogP contribution in [0.1, 0.15) is 30.9 Å². The summed E-state index contributed by atoms with van der Waals surface area (Å²) in [5, 5.41) is 12.4. The van der Waals surface area contributed by atoms with Crippen LogP contribution in [0.4, 0.5) is 0 Å². The maximum Gasteiger partial charge on any atom is 0.307 e. The Balaban J connectivity index is 1.86. The molecular formula is C15H19NO4. The SMILES string of the molecule is COc1cccc(C2CC(C(=O)O)CN2)c1OC1CC1. The summed E-state index contributed by atoms with van der Waals surface area (Å²) < 4.78 is 11.4. The minimum absolute atomic E-state index is 0.0138. The third-order valence-corrected chi connectivity index (χ3v) is 3.89. The van der Waals surface area contributed by atoms with Gasteiger partial charge >= 0.3 is 5.97 Å². The van der Waals surface area contributed by atoms with E-state index in [4.69, 9.17) is 14.6 Å². The summed E-state index contributed by atoms with van der Waals surface area (Å²) in [6.07, 6.45) is 3.02. The van der Waals surface area contributed by atoms with Crippen LogP contribution in [0.5, 0.6) is 11.5 Å². The van der Waals surface area contributed by atoms with Gasteiger partial charge in [-0.25, -0.2) is 0 Å². The number of carboxylic acid groups (broad SMARTS) is 1. The van der Waals surface area contributed by atoms with E-state index >= 15 is 0 Å². The molecule has 2 aliphatic rings. The largest absolute Gasteiger partial charge is 0.493 e. The highest BCUT2D eigenvalue weighted by molar-refractivity contribution is 5.71. The van der Waals surface area contributed by atoms with Crippen molar-refractivity contribution in [1.29, 1.82) is 0 Å². The zero-order valence-electron chi connectivity index (χ0n) is 11.5. The molecule has 5 heteroatoms. The van der Waals surface area contributed by atoms with Crippen molar-refractivity contribution in [3.8, 4) is 11.5 Å². The lowest BCUT2D eigenvalue weighted by atomic mass is 9.99. The van der Waals surface area contributed by atoms with Gasteiger partial charge in [0.15, 0.2) is 11.5 Å². The molecule has 2 N–H and O–H groups in total. The summed E-state index contributed by atoms with van der Waals surface area (Å²) in [5.41, 5.74) is 1.00. The Morgan fingerprint density at radius 1 is 1.40 bits per heavy atom. The summed E-state index contributed by atoms with van der Waals surface area (Å²) in [6.45, 7) is 0.500. The van der Waals surface area contributed by atoms with E-state index in [1.165, 1.54) is 0 Å². The van der Waals surface area contributed by atoms with Gasteiger partial charge in [-0.3, -0.25) is 4.79 Å². The van der Waals surface area contributed by atoms with Gasteiger partial charge in [-0.05, 0) is 25.3 Å². The zero-order valence-corrected chi connectivity index (χ0v) is 11.5. The summed E-state index contributed by atoms with van der Waals surface area (Å²) in [5.74, 6) is 0.406. The smallest absolute Gasteiger partial charge is 0.307 e. The standard InChI is InChI=1S/C15H19NO4/c1-19-13-4-2-3-11(14(13)20-10-5-6-10)12-7-9(8-16-12)15(17)18/h2-4,9-10,12,16H,5-8H2,1H3,(H,17,18). The van der Waals surface area contributed by atoms with Gasteiger partial charge in [0.1, 0.15) is 0 Å². The summed E-state index contributed by atoms with van der Waals surface area (Å²) in [7, 11) is 1.63. The lowest BCUT2D eigenvalue weighted by Crippen LogP contribution is -2.17. The molecule has 1 aliphatic heterocycles. The molecule has 5 nitrogen and oxygen atoms in total. The highest BCUT2D eigenvalue weighted by atomic mass is 16.5. The Labute approximate surface area is 117 Å². The molecule has 1 saturated heterocycles. The van der Waals surface area contributed by atoms with Crippen molar-refractivity contribution in [2.45, 2.75) is 31.4 Å². The van der Waals surface area contributed by atoms with E-state index < -0.39 is 5.97 Å². The molecule has 1 aromatic rings. The van der Waals surface area contributed by atoms with Crippen LogP contribution in [0, 0.1) is 5.92 Å². The van der Waals surface area contributed by atoms with Gasteiger partial charge in [-0.15, -0.1) is 0 Å². The fourth-order valence-corrected chi connectivity index (χ4v) is 2.61. The number of aliphatic carboxylic acids is 1. The molecule has 0 radical (unpaired) electrons. The van der Waals surface area contributed by atoms with Gasteiger partial charge < -0.3 is 19.9 Å². The summed E-state index contributed by atoms with van der Waals surface area (Å²) >= 11 is 0. The van der Waals surface area contributed by atoms with Gasteiger partial charge in [-0.1, -0.05) is 12.1 Å². The number of rotatable bonds is 5. The molecule has 108 valence electrons. The number of benzene rings is 1. The summed E-state index contributed by atoms with van der Waals surface area (Å²) in [4.78, 5) is 11.1. The fourth-order valence-electron chi connectivity index (χ4n) is 2.61. The normalized spacial score (nSPS) is 25.4. The quantitative estimate of drug-likeness (QED) is 0.861. The Bertz CT molecular complexity index is 513. The van der Waals surface area contributed by atoms with E-state index in [0.717, 1.165) is 29.9 Å². The van der Waals surface area contributed by atoms with Crippen LogP contribution in [0.3, 0.4) is 0 Å². The molecule has 1 saturated carbocycles. The number of nitrogens with one attached hydrogen (secondary N) is 1. The first kappa shape index (κ1) is 13.2. The van der Waals surface area contributed by atoms with Crippen molar-refractivity contribution in [1.82, 2.24) is 5.32 Å². The molecule has 1 heterocycles. The zero-order chi connectivity index (χ0) is 14.1. The molecule has 2 fully saturated rings. The molecule has 1 aromatic carbocycles. The second kappa shape index (κ2) is 5.32. The Hall–Kier alpha value is -1.75. The molecule has 20 heavy (non-hydrogen) atoms. The van der Waals surface area contributed by atoms with Crippen LogP contribution in [0.15, 0.2) is 18.2 Å². The summed E-state index contributed by atoms with van der Waals surface area (Å²) in [6, 6.07) is 5.80. The maximum atomic E-state index is 11.1. The second-order valence-corrected chi connectivity index (χ2v) is 5.43. The number of hydrogen-bond donors (Lipinski definition) is 2. The van der Waals surface area contributed by atoms with E-state index in [-0.39, 0.29) is 18.1 Å². The molecule has 3 rings (SSSR count). The van der Waals surface area contributed by atoms with Crippen molar-refractivity contribution in [3.05, 3.63) is 23.8 Å². The average Bonchev–Trinajstić information content (AvgIpc) is 3.12. The predicted molar refractivity (Wildman–Crippen MR) is 73.1 cm³/mol. The van der Waals surface area contributed by atoms with Gasteiger partial charge in [0.25, 0.3) is 0 Å². The number of carboxylic acids is 1. The van der Waals surface area contributed by atoms with Crippen LogP contribution >= 0.6 is 0 Å². The third kappa shape index (κ3) is 2.58. The van der Waals surface area contributed by atoms with Gasteiger partial charge in [0.2, 0.25) is 0 Å². The van der Waals surface area contributed by atoms with Gasteiger partial charge in [0, 0.05) is 18.2 Å². The van der Waals surface area contributed by atoms with Crippen molar-refractivity contribution in [3.63, 3.8) is 0 Å². The molecule has 2 unspecified atom stereocenters. The van der Waals surface area contributed by atoms with E-state index in [2.05, 4.69) is 5.32 Å². The number of hydrogen-bond acceptors (Lipinski definition) is 4. The molecule has 0 amide bonds. The lowest BCUT2D eigenvalue weighted by Gasteiger charge is -2.19. The van der Waals surface area contributed by atoms with E-state index in [9.17, 15) is 4.79 Å². The molecule has 0 spiro atoms. The van der Waals surface area contributed by atoms with Crippen LogP contribution in [-0.2, 0) is 4.79 Å². The van der Waals surface area contributed by atoms with E-state index in [1.54, 1.807) is 7.11 Å². The van der Waals surface area contributed by atoms with Crippen LogP contribution < -0.4 is 14.8 Å². The molecule has 2 atom stereocenters. The average molecular weight is 277 g/mol. The van der Waals surface area contributed by atoms with Crippen molar-refractivity contribution < 1.29 is 19.4 Å². The van der Waals surface area contributed by atoms with Crippen molar-refractivity contribution in [2.75, 3.05) is 13.7 Å². The molecule has 0 bridgehead atoms. The van der Waals surface area contributed by atoms with E-state index in [1.807, 2.05) is 18.2 Å². The first-order valence-electron chi connectivity index (χ1n) is 6.98. The van der Waals surface area contributed by atoms with E-state index in [0.29, 0.717) is 13.0 Å². The second-order valence-electron chi connectivity index (χ2n) is 5.43. The highest BCUT2D eigenvalue weighted by Crippen LogP contribution is 2.41. The third-order valence-electron chi connectivity index (χ3n) is 3.89. The van der Waals surface area contributed by atoms with Crippen LogP contribution in [0.25, 0.3) is 0 Å².